The van der Waals surface area contributed by atoms with Crippen molar-refractivity contribution in [2.45, 2.75) is 56.7 Å². The molecular formula is C15H23N3O2. The molecule has 0 radical (unpaired) electrons. The minimum Gasteiger partial charge on any atom is -0.380 e. The molecule has 3 rings (SSSR count). The molecule has 110 valence electrons. The Labute approximate surface area is 119 Å². The number of Topliss-reactive ketones (excluding diaryl/α,β-unsaturated/α-hetero) is 1. The van der Waals surface area contributed by atoms with E-state index in [9.17, 15) is 4.79 Å². The van der Waals surface area contributed by atoms with Gasteiger partial charge in [-0.2, -0.15) is 5.10 Å². The Morgan fingerprint density at radius 1 is 1.50 bits per heavy atom. The Hall–Kier alpha value is -1.20. The van der Waals surface area contributed by atoms with Gasteiger partial charge in [-0.25, -0.2) is 0 Å². The number of nitrogens with zero attached hydrogens (tertiary/aromatic N) is 2. The Morgan fingerprint density at radius 3 is 3.00 bits per heavy atom. The fourth-order valence-electron chi connectivity index (χ4n) is 3.27. The van der Waals surface area contributed by atoms with E-state index in [-0.39, 0.29) is 17.9 Å². The van der Waals surface area contributed by atoms with Gasteiger partial charge in [0.2, 0.25) is 0 Å². The number of aromatic nitrogens is 2. The second-order valence-corrected chi connectivity index (χ2v) is 5.92. The Balaban J connectivity index is 1.56. The monoisotopic (exact) mass is 277 g/mol. The molecule has 0 aromatic carbocycles. The lowest BCUT2D eigenvalue weighted by atomic mass is 10.1. The smallest absolute Gasteiger partial charge is 0.155 e. The fourth-order valence-corrected chi connectivity index (χ4v) is 3.27. The second kappa shape index (κ2) is 6.06. The Morgan fingerprint density at radius 2 is 2.30 bits per heavy atom. The average molecular weight is 277 g/mol. The summed E-state index contributed by atoms with van der Waals surface area (Å²) in [6, 6.07) is 2.46. The minimum absolute atomic E-state index is 0.0726. The van der Waals surface area contributed by atoms with Gasteiger partial charge < -0.3 is 10.1 Å². The first-order valence-electron chi connectivity index (χ1n) is 7.59. The number of ketones is 1. The van der Waals surface area contributed by atoms with Crippen molar-refractivity contribution in [2.24, 2.45) is 0 Å². The summed E-state index contributed by atoms with van der Waals surface area (Å²) < 4.78 is 7.33. The molecule has 2 fully saturated rings. The van der Waals surface area contributed by atoms with Crippen LogP contribution in [0, 0.1) is 0 Å². The minimum atomic E-state index is -0.0726. The molecule has 2 heterocycles. The van der Waals surface area contributed by atoms with Crippen LogP contribution >= 0.6 is 0 Å². The zero-order valence-corrected chi connectivity index (χ0v) is 12.0. The van der Waals surface area contributed by atoms with Crippen molar-refractivity contribution in [3.8, 4) is 0 Å². The van der Waals surface area contributed by atoms with Crippen LogP contribution in [0.25, 0.3) is 0 Å². The summed E-state index contributed by atoms with van der Waals surface area (Å²) in [5, 5.41) is 7.81. The highest BCUT2D eigenvalue weighted by Crippen LogP contribution is 2.28. The normalized spacial score (nSPS) is 27.2. The summed E-state index contributed by atoms with van der Waals surface area (Å²) >= 11 is 0. The van der Waals surface area contributed by atoms with Crippen molar-refractivity contribution in [3.05, 3.63) is 18.0 Å². The van der Waals surface area contributed by atoms with Gasteiger partial charge in [0.05, 0.1) is 30.3 Å². The van der Waals surface area contributed by atoms with Crippen LogP contribution in [-0.4, -0.2) is 41.4 Å². The number of carbonyl (C=O) groups excluding carboxylic acids is 1. The molecular weight excluding hydrogens is 254 g/mol. The van der Waals surface area contributed by atoms with E-state index in [0.717, 1.165) is 18.7 Å². The average Bonchev–Trinajstić information content (AvgIpc) is 3.19. The molecule has 1 aromatic rings. The van der Waals surface area contributed by atoms with Crippen molar-refractivity contribution in [1.29, 1.82) is 0 Å². The highest BCUT2D eigenvalue weighted by atomic mass is 16.5. The summed E-state index contributed by atoms with van der Waals surface area (Å²) in [4.78, 5) is 12.2. The molecule has 5 heteroatoms. The zero-order chi connectivity index (χ0) is 13.9. The summed E-state index contributed by atoms with van der Waals surface area (Å²) in [5.74, 6) is 0.223. The van der Waals surface area contributed by atoms with E-state index < -0.39 is 0 Å². The number of rotatable bonds is 5. The third kappa shape index (κ3) is 2.94. The van der Waals surface area contributed by atoms with Crippen LogP contribution in [0.2, 0.25) is 0 Å². The number of methoxy groups -OCH3 is 1. The van der Waals surface area contributed by atoms with Crippen LogP contribution in [0.4, 0.5) is 0 Å². The predicted octanol–water partition coefficient (Wildman–Crippen LogP) is 1.49. The SMILES string of the molecule is COC1CNC(C(=O)Cc2ccn(C3CCCC3)n2)C1. The zero-order valence-electron chi connectivity index (χ0n) is 12.0. The lowest BCUT2D eigenvalue weighted by molar-refractivity contribution is -0.120. The van der Waals surface area contributed by atoms with Crippen LogP contribution in [0.15, 0.2) is 12.3 Å². The van der Waals surface area contributed by atoms with Crippen molar-refractivity contribution in [2.75, 3.05) is 13.7 Å². The van der Waals surface area contributed by atoms with E-state index in [0.29, 0.717) is 12.5 Å². The van der Waals surface area contributed by atoms with Crippen molar-refractivity contribution in [3.63, 3.8) is 0 Å². The van der Waals surface area contributed by atoms with E-state index in [2.05, 4.69) is 15.1 Å². The predicted molar refractivity (Wildman–Crippen MR) is 75.6 cm³/mol. The second-order valence-electron chi connectivity index (χ2n) is 5.92. The number of carbonyl (C=O) groups is 1. The maximum Gasteiger partial charge on any atom is 0.155 e. The molecule has 1 aromatic heterocycles. The van der Waals surface area contributed by atoms with Gasteiger partial charge in [-0.3, -0.25) is 9.48 Å². The van der Waals surface area contributed by atoms with Gasteiger partial charge in [0, 0.05) is 19.9 Å². The molecule has 2 atom stereocenters. The third-order valence-electron chi connectivity index (χ3n) is 4.53. The molecule has 1 N–H and O–H groups in total. The van der Waals surface area contributed by atoms with Gasteiger partial charge in [0.25, 0.3) is 0 Å². The molecule has 2 aliphatic rings. The number of nitrogens with one attached hydrogen (secondary N) is 1. The number of hydrogen-bond acceptors (Lipinski definition) is 4. The Bertz CT molecular complexity index is 465. The first-order valence-corrected chi connectivity index (χ1v) is 7.59. The highest BCUT2D eigenvalue weighted by Gasteiger charge is 2.29. The molecule has 0 amide bonds. The van der Waals surface area contributed by atoms with E-state index in [4.69, 9.17) is 4.74 Å². The highest BCUT2D eigenvalue weighted by molar-refractivity contribution is 5.86. The first kappa shape index (κ1) is 13.8. The molecule has 20 heavy (non-hydrogen) atoms. The van der Waals surface area contributed by atoms with Gasteiger partial charge in [-0.15, -0.1) is 0 Å². The van der Waals surface area contributed by atoms with Gasteiger partial charge in [-0.1, -0.05) is 12.8 Å². The molecule has 1 aliphatic heterocycles. The first-order chi connectivity index (χ1) is 9.76. The van der Waals surface area contributed by atoms with E-state index in [1.54, 1.807) is 7.11 Å². The number of hydrogen-bond donors (Lipinski definition) is 1. The number of ether oxygens (including phenoxy) is 1. The van der Waals surface area contributed by atoms with Crippen LogP contribution in [0.5, 0.6) is 0 Å². The van der Waals surface area contributed by atoms with Crippen LogP contribution in [0.3, 0.4) is 0 Å². The molecule has 5 nitrogen and oxygen atoms in total. The van der Waals surface area contributed by atoms with Crippen molar-refractivity contribution >= 4 is 5.78 Å². The summed E-state index contributed by atoms with van der Waals surface area (Å²) in [6.45, 7) is 0.767. The van der Waals surface area contributed by atoms with Crippen LogP contribution in [0.1, 0.15) is 43.8 Å². The summed E-state index contributed by atoms with van der Waals surface area (Å²) in [6.07, 6.45) is 8.42. The molecule has 0 spiro atoms. The lowest BCUT2D eigenvalue weighted by Gasteiger charge is -2.10. The van der Waals surface area contributed by atoms with Crippen LogP contribution in [-0.2, 0) is 16.0 Å². The molecule has 1 saturated carbocycles. The van der Waals surface area contributed by atoms with Crippen LogP contribution < -0.4 is 5.32 Å². The van der Waals surface area contributed by atoms with E-state index >= 15 is 0 Å². The third-order valence-corrected chi connectivity index (χ3v) is 4.53. The lowest BCUT2D eigenvalue weighted by Crippen LogP contribution is -2.32. The quantitative estimate of drug-likeness (QED) is 0.886. The fraction of sp³-hybridized carbons (Fsp3) is 0.733. The van der Waals surface area contributed by atoms with E-state index in [1.807, 2.05) is 12.3 Å². The largest absolute Gasteiger partial charge is 0.380 e. The topological polar surface area (TPSA) is 56.1 Å². The van der Waals surface area contributed by atoms with Gasteiger partial charge in [-0.05, 0) is 25.3 Å². The van der Waals surface area contributed by atoms with Crippen molar-refractivity contribution in [1.82, 2.24) is 15.1 Å². The molecule has 1 saturated heterocycles. The maximum absolute atomic E-state index is 12.2. The summed E-state index contributed by atoms with van der Waals surface area (Å²) in [7, 11) is 1.70. The summed E-state index contributed by atoms with van der Waals surface area (Å²) in [5.41, 5.74) is 0.893. The van der Waals surface area contributed by atoms with Gasteiger partial charge >= 0.3 is 0 Å². The van der Waals surface area contributed by atoms with Gasteiger partial charge in [0.1, 0.15) is 0 Å². The van der Waals surface area contributed by atoms with Gasteiger partial charge in [0.15, 0.2) is 5.78 Å². The van der Waals surface area contributed by atoms with Crippen molar-refractivity contribution < 1.29 is 9.53 Å². The molecule has 2 unspecified atom stereocenters. The Kier molecular flexibility index (Phi) is 4.17. The molecule has 1 aliphatic carbocycles. The standard InChI is InChI=1S/C15H23N3O2/c1-20-13-9-14(16-10-13)15(19)8-11-6-7-18(17-11)12-4-2-3-5-12/h6-7,12-14,16H,2-5,8-10H2,1H3. The van der Waals surface area contributed by atoms with E-state index in [1.165, 1.54) is 25.7 Å². The maximum atomic E-state index is 12.2. The molecule has 0 bridgehead atoms.